The van der Waals surface area contributed by atoms with Gasteiger partial charge in [-0.2, -0.15) is 0 Å². The second-order valence-electron chi connectivity index (χ2n) is 5.88. The molecule has 116 valence electrons. The minimum Gasteiger partial charge on any atom is -0.481 e. The third-order valence-corrected chi connectivity index (χ3v) is 3.92. The van der Waals surface area contributed by atoms with Crippen molar-refractivity contribution in [3.8, 4) is 0 Å². The number of hydrogen-bond acceptors (Lipinski definition) is 3. The summed E-state index contributed by atoms with van der Waals surface area (Å²) in [6.45, 7) is 2.02. The van der Waals surface area contributed by atoms with Gasteiger partial charge in [0.1, 0.15) is 0 Å². The summed E-state index contributed by atoms with van der Waals surface area (Å²) in [5.41, 5.74) is 0. The molecule has 1 atom stereocenters. The van der Waals surface area contributed by atoms with E-state index in [1.54, 1.807) is 6.92 Å². The van der Waals surface area contributed by atoms with E-state index in [0.29, 0.717) is 12.3 Å². The Balaban J connectivity index is 2.38. The van der Waals surface area contributed by atoms with Gasteiger partial charge in [-0.05, 0) is 19.3 Å². The third kappa shape index (κ3) is 6.89. The molecule has 0 radical (unpaired) electrons. The van der Waals surface area contributed by atoms with E-state index < -0.39 is 12.1 Å². The molecule has 20 heavy (non-hydrogen) atoms. The number of carbonyl (C=O) groups excluding carboxylic acids is 1. The van der Waals surface area contributed by atoms with Gasteiger partial charge in [-0.3, -0.25) is 9.59 Å². The lowest BCUT2D eigenvalue weighted by atomic mass is 9.86. The molecule has 0 saturated heterocycles. The summed E-state index contributed by atoms with van der Waals surface area (Å²) in [6.07, 6.45) is 6.91. The van der Waals surface area contributed by atoms with E-state index in [2.05, 4.69) is 0 Å². The van der Waals surface area contributed by atoms with E-state index in [4.69, 9.17) is 5.11 Å². The number of aliphatic hydroxyl groups excluding tert-OH is 1. The Morgan fingerprint density at radius 1 is 1.20 bits per heavy atom. The maximum Gasteiger partial charge on any atom is 0.305 e. The van der Waals surface area contributed by atoms with Gasteiger partial charge in [0.2, 0.25) is 5.91 Å². The van der Waals surface area contributed by atoms with E-state index in [9.17, 15) is 14.7 Å². The number of hydrogen-bond donors (Lipinski definition) is 2. The normalized spacial score (nSPS) is 17.7. The molecule has 0 spiro atoms. The predicted molar refractivity (Wildman–Crippen MR) is 76.3 cm³/mol. The Morgan fingerprint density at radius 3 is 2.40 bits per heavy atom. The second kappa shape index (κ2) is 8.95. The van der Waals surface area contributed by atoms with Crippen LogP contribution in [0.4, 0.5) is 0 Å². The van der Waals surface area contributed by atoms with Crippen LogP contribution in [0.5, 0.6) is 0 Å². The van der Waals surface area contributed by atoms with Crippen molar-refractivity contribution in [3.63, 3.8) is 0 Å². The van der Waals surface area contributed by atoms with Crippen LogP contribution in [0.3, 0.4) is 0 Å². The van der Waals surface area contributed by atoms with Crippen molar-refractivity contribution in [2.45, 2.75) is 64.4 Å². The Morgan fingerprint density at radius 2 is 1.85 bits per heavy atom. The molecule has 5 nitrogen and oxygen atoms in total. The summed E-state index contributed by atoms with van der Waals surface area (Å²) in [4.78, 5) is 24.3. The number of carboxylic acid groups (broad SMARTS) is 1. The molecule has 1 aliphatic rings. The summed E-state index contributed by atoms with van der Waals surface area (Å²) in [7, 11) is 0. The molecule has 0 bridgehead atoms. The topological polar surface area (TPSA) is 77.8 Å². The summed E-state index contributed by atoms with van der Waals surface area (Å²) in [6, 6.07) is 0. The first-order valence-electron chi connectivity index (χ1n) is 7.66. The van der Waals surface area contributed by atoms with Crippen LogP contribution in [0.1, 0.15) is 58.3 Å². The van der Waals surface area contributed by atoms with E-state index in [1.807, 2.05) is 0 Å². The highest BCUT2D eigenvalue weighted by atomic mass is 16.4. The molecule has 0 heterocycles. The highest BCUT2D eigenvalue weighted by Gasteiger charge is 2.19. The molecule has 0 aromatic rings. The number of rotatable bonds is 8. The molecule has 1 rings (SSSR count). The molecule has 0 aromatic heterocycles. The average Bonchev–Trinajstić information content (AvgIpc) is 2.41. The van der Waals surface area contributed by atoms with Crippen LogP contribution in [0.15, 0.2) is 0 Å². The van der Waals surface area contributed by atoms with Crippen molar-refractivity contribution >= 4 is 11.9 Å². The number of aliphatic carboxylic acids is 1. The summed E-state index contributed by atoms with van der Waals surface area (Å²) >= 11 is 0. The van der Waals surface area contributed by atoms with Gasteiger partial charge >= 0.3 is 5.97 Å². The van der Waals surface area contributed by atoms with Crippen molar-refractivity contribution < 1.29 is 19.8 Å². The minimum atomic E-state index is -0.916. The molecule has 5 heteroatoms. The average molecular weight is 285 g/mol. The lowest BCUT2D eigenvalue weighted by molar-refractivity contribution is -0.139. The minimum absolute atomic E-state index is 0.0299. The number of nitrogens with zero attached hydrogens (tertiary/aromatic N) is 1. The van der Waals surface area contributed by atoms with E-state index >= 15 is 0 Å². The molecule has 1 amide bonds. The van der Waals surface area contributed by atoms with Crippen molar-refractivity contribution in [1.29, 1.82) is 0 Å². The van der Waals surface area contributed by atoms with Gasteiger partial charge in [0, 0.05) is 19.5 Å². The first kappa shape index (κ1) is 17.0. The first-order valence-corrected chi connectivity index (χ1v) is 7.66. The van der Waals surface area contributed by atoms with Crippen LogP contribution in [-0.4, -0.2) is 46.2 Å². The molecular weight excluding hydrogens is 258 g/mol. The Labute approximate surface area is 121 Å². The summed E-state index contributed by atoms with van der Waals surface area (Å²) < 4.78 is 0. The number of carbonyl (C=O) groups is 2. The molecule has 0 aliphatic heterocycles. The monoisotopic (exact) mass is 285 g/mol. The summed E-state index contributed by atoms with van der Waals surface area (Å²) in [5, 5.41) is 18.1. The fourth-order valence-electron chi connectivity index (χ4n) is 2.83. The molecule has 1 fully saturated rings. The van der Waals surface area contributed by atoms with Gasteiger partial charge in [-0.1, -0.05) is 32.1 Å². The first-order chi connectivity index (χ1) is 9.49. The second-order valence-corrected chi connectivity index (χ2v) is 5.88. The fourth-order valence-corrected chi connectivity index (χ4v) is 2.83. The third-order valence-electron chi connectivity index (χ3n) is 3.92. The zero-order valence-electron chi connectivity index (χ0n) is 12.4. The van der Waals surface area contributed by atoms with Crippen molar-refractivity contribution in [1.82, 2.24) is 4.90 Å². The Kier molecular flexibility index (Phi) is 7.59. The van der Waals surface area contributed by atoms with Gasteiger partial charge in [0.05, 0.1) is 12.5 Å². The maximum absolute atomic E-state index is 12.2. The van der Waals surface area contributed by atoms with Crippen LogP contribution >= 0.6 is 0 Å². The van der Waals surface area contributed by atoms with E-state index in [0.717, 1.165) is 6.42 Å². The van der Waals surface area contributed by atoms with Crippen LogP contribution in [0.2, 0.25) is 0 Å². The Hall–Kier alpha value is -1.10. The fraction of sp³-hybridized carbons (Fsp3) is 0.867. The van der Waals surface area contributed by atoms with E-state index in [1.165, 1.54) is 37.0 Å². The number of carboxylic acids is 1. The van der Waals surface area contributed by atoms with Crippen molar-refractivity contribution in [2.24, 2.45) is 5.92 Å². The quantitative estimate of drug-likeness (QED) is 0.715. The highest BCUT2D eigenvalue weighted by Crippen LogP contribution is 2.27. The summed E-state index contributed by atoms with van der Waals surface area (Å²) in [5.74, 6) is -0.307. The molecule has 1 unspecified atom stereocenters. The van der Waals surface area contributed by atoms with Gasteiger partial charge in [0.25, 0.3) is 0 Å². The largest absolute Gasteiger partial charge is 0.481 e. The van der Waals surface area contributed by atoms with Crippen LogP contribution in [0.25, 0.3) is 0 Å². The van der Waals surface area contributed by atoms with Gasteiger partial charge < -0.3 is 15.1 Å². The maximum atomic E-state index is 12.2. The van der Waals surface area contributed by atoms with Crippen LogP contribution in [-0.2, 0) is 9.59 Å². The molecular formula is C15H27NO4. The lowest BCUT2D eigenvalue weighted by Crippen LogP contribution is -2.38. The molecule has 0 aromatic carbocycles. The standard InChI is InChI=1S/C15H27NO4/c1-12(17)11-16(10-9-15(19)20)14(18)8-7-13-5-3-2-4-6-13/h12-13,17H,2-11H2,1H3,(H,19,20). The van der Waals surface area contributed by atoms with Crippen LogP contribution in [0, 0.1) is 5.92 Å². The number of amides is 1. The molecule has 1 aliphatic carbocycles. The lowest BCUT2D eigenvalue weighted by Gasteiger charge is -2.26. The van der Waals surface area contributed by atoms with Crippen molar-refractivity contribution in [2.75, 3.05) is 13.1 Å². The van der Waals surface area contributed by atoms with Gasteiger partial charge in [-0.15, -0.1) is 0 Å². The van der Waals surface area contributed by atoms with Gasteiger partial charge in [-0.25, -0.2) is 0 Å². The van der Waals surface area contributed by atoms with E-state index in [-0.39, 0.29) is 25.4 Å². The Bertz CT molecular complexity index is 311. The SMILES string of the molecule is CC(O)CN(CCC(=O)O)C(=O)CCC1CCCCC1. The van der Waals surface area contributed by atoms with Crippen molar-refractivity contribution in [3.05, 3.63) is 0 Å². The smallest absolute Gasteiger partial charge is 0.305 e. The highest BCUT2D eigenvalue weighted by molar-refractivity contribution is 5.77. The number of aliphatic hydroxyl groups is 1. The molecule has 2 N–H and O–H groups in total. The van der Waals surface area contributed by atoms with Gasteiger partial charge in [0.15, 0.2) is 0 Å². The zero-order valence-corrected chi connectivity index (χ0v) is 12.4. The van der Waals surface area contributed by atoms with Crippen LogP contribution < -0.4 is 0 Å². The predicted octanol–water partition coefficient (Wildman–Crippen LogP) is 2.03. The zero-order chi connectivity index (χ0) is 15.0. The molecule has 1 saturated carbocycles.